The van der Waals surface area contributed by atoms with Crippen LogP contribution < -0.4 is 5.32 Å². The standard InChI is InChI=1S/C12H15NO4/c1-16-11(12(15)17-2)13-10(14)8-9-6-4-3-5-7-9/h3-7,11H,8H2,1-2H3,(H,13,14). The van der Waals surface area contributed by atoms with Gasteiger partial charge in [-0.05, 0) is 5.56 Å². The molecule has 5 heteroatoms. The van der Waals surface area contributed by atoms with E-state index >= 15 is 0 Å². The van der Waals surface area contributed by atoms with Crippen LogP contribution in [0.1, 0.15) is 5.56 Å². The summed E-state index contributed by atoms with van der Waals surface area (Å²) >= 11 is 0. The molecule has 0 bridgehead atoms. The Bertz CT molecular complexity index is 377. The van der Waals surface area contributed by atoms with E-state index < -0.39 is 12.2 Å². The van der Waals surface area contributed by atoms with E-state index in [4.69, 9.17) is 4.74 Å². The normalized spacial score (nSPS) is 11.6. The smallest absolute Gasteiger partial charge is 0.356 e. The Morgan fingerprint density at radius 1 is 1.24 bits per heavy atom. The molecule has 1 amide bonds. The van der Waals surface area contributed by atoms with Crippen LogP contribution >= 0.6 is 0 Å². The molecule has 5 nitrogen and oxygen atoms in total. The molecule has 0 aliphatic carbocycles. The van der Waals surface area contributed by atoms with Crippen molar-refractivity contribution in [3.63, 3.8) is 0 Å². The third-order valence-corrected chi connectivity index (χ3v) is 2.15. The van der Waals surface area contributed by atoms with Gasteiger partial charge in [-0.2, -0.15) is 0 Å². The molecule has 1 atom stereocenters. The van der Waals surface area contributed by atoms with Gasteiger partial charge in [0.2, 0.25) is 12.1 Å². The van der Waals surface area contributed by atoms with Gasteiger partial charge < -0.3 is 14.8 Å². The van der Waals surface area contributed by atoms with E-state index in [0.717, 1.165) is 5.56 Å². The number of carbonyl (C=O) groups is 2. The molecule has 1 rings (SSSR count). The molecule has 0 aromatic heterocycles. The van der Waals surface area contributed by atoms with Gasteiger partial charge in [-0.3, -0.25) is 4.79 Å². The van der Waals surface area contributed by atoms with Crippen molar-refractivity contribution in [3.8, 4) is 0 Å². The molecule has 0 heterocycles. The van der Waals surface area contributed by atoms with Gasteiger partial charge in [-0.1, -0.05) is 30.3 Å². The molecule has 1 N–H and O–H groups in total. The van der Waals surface area contributed by atoms with Crippen LogP contribution in [0.3, 0.4) is 0 Å². The molecule has 1 aromatic rings. The second-order valence-electron chi connectivity index (χ2n) is 3.37. The van der Waals surface area contributed by atoms with Crippen LogP contribution in [-0.4, -0.2) is 32.3 Å². The van der Waals surface area contributed by atoms with Gasteiger partial charge in [0.05, 0.1) is 13.5 Å². The molecule has 0 radical (unpaired) electrons. The zero-order chi connectivity index (χ0) is 12.7. The Hall–Kier alpha value is -1.88. The monoisotopic (exact) mass is 237 g/mol. The number of nitrogens with one attached hydrogen (secondary N) is 1. The van der Waals surface area contributed by atoms with E-state index in [0.29, 0.717) is 0 Å². The van der Waals surface area contributed by atoms with Crippen LogP contribution in [0.2, 0.25) is 0 Å². The van der Waals surface area contributed by atoms with Crippen molar-refractivity contribution in [2.75, 3.05) is 14.2 Å². The summed E-state index contributed by atoms with van der Waals surface area (Å²) in [5, 5.41) is 2.43. The Labute approximate surface area is 99.7 Å². The lowest BCUT2D eigenvalue weighted by atomic mass is 10.1. The lowest BCUT2D eigenvalue weighted by Gasteiger charge is -2.14. The lowest BCUT2D eigenvalue weighted by Crippen LogP contribution is -2.43. The SMILES string of the molecule is COC(=O)C(NC(=O)Cc1ccccc1)OC. The fourth-order valence-electron chi connectivity index (χ4n) is 1.30. The van der Waals surface area contributed by atoms with Gasteiger partial charge in [0.1, 0.15) is 0 Å². The van der Waals surface area contributed by atoms with E-state index in [9.17, 15) is 9.59 Å². The van der Waals surface area contributed by atoms with Crippen LogP contribution in [0.5, 0.6) is 0 Å². The maximum atomic E-state index is 11.6. The molecule has 0 aliphatic heterocycles. The summed E-state index contributed by atoms with van der Waals surface area (Å²) in [6.07, 6.45) is -0.867. The molecule has 92 valence electrons. The summed E-state index contributed by atoms with van der Waals surface area (Å²) in [5.74, 6) is -0.928. The fourth-order valence-corrected chi connectivity index (χ4v) is 1.30. The molecule has 1 aromatic carbocycles. The third-order valence-electron chi connectivity index (χ3n) is 2.15. The highest BCUT2D eigenvalue weighted by Gasteiger charge is 2.20. The van der Waals surface area contributed by atoms with Crippen molar-refractivity contribution in [3.05, 3.63) is 35.9 Å². The fraction of sp³-hybridized carbons (Fsp3) is 0.333. The second-order valence-corrected chi connectivity index (χ2v) is 3.37. The van der Waals surface area contributed by atoms with Crippen LogP contribution in [0, 0.1) is 0 Å². The van der Waals surface area contributed by atoms with Crippen LogP contribution in [0.25, 0.3) is 0 Å². The maximum Gasteiger partial charge on any atom is 0.356 e. The summed E-state index contributed by atoms with van der Waals surface area (Å²) in [4.78, 5) is 22.8. The van der Waals surface area contributed by atoms with E-state index in [1.54, 1.807) is 0 Å². The molecular formula is C12H15NO4. The van der Waals surface area contributed by atoms with Gasteiger partial charge in [-0.15, -0.1) is 0 Å². The van der Waals surface area contributed by atoms with Crippen molar-refractivity contribution in [2.24, 2.45) is 0 Å². The first-order chi connectivity index (χ1) is 8.17. The van der Waals surface area contributed by atoms with Crippen molar-refractivity contribution in [1.82, 2.24) is 5.32 Å². The Kier molecular flexibility index (Phi) is 5.16. The Balaban J connectivity index is 2.51. The molecule has 0 saturated carbocycles. The predicted molar refractivity (Wildman–Crippen MR) is 61.1 cm³/mol. The van der Waals surface area contributed by atoms with Gasteiger partial charge in [0, 0.05) is 7.11 Å². The first-order valence-corrected chi connectivity index (χ1v) is 5.11. The van der Waals surface area contributed by atoms with E-state index in [1.807, 2.05) is 30.3 Å². The third kappa shape index (κ3) is 4.24. The summed E-state index contributed by atoms with van der Waals surface area (Å²) in [5.41, 5.74) is 0.865. The number of methoxy groups -OCH3 is 2. The minimum absolute atomic E-state index is 0.192. The molecular weight excluding hydrogens is 222 g/mol. The summed E-state index contributed by atoms with van der Waals surface area (Å²) in [7, 11) is 2.56. The van der Waals surface area contributed by atoms with Gasteiger partial charge in [-0.25, -0.2) is 4.79 Å². The Morgan fingerprint density at radius 3 is 2.41 bits per heavy atom. The predicted octanol–water partition coefficient (Wildman–Crippen LogP) is 0.491. The quantitative estimate of drug-likeness (QED) is 0.598. The molecule has 0 saturated heterocycles. The van der Waals surface area contributed by atoms with Crippen LogP contribution in [0.15, 0.2) is 30.3 Å². The number of hydrogen-bond acceptors (Lipinski definition) is 4. The number of rotatable bonds is 5. The number of esters is 1. The van der Waals surface area contributed by atoms with Gasteiger partial charge in [0.15, 0.2) is 0 Å². The second kappa shape index (κ2) is 6.65. The molecule has 0 aliphatic rings. The average Bonchev–Trinajstić information content (AvgIpc) is 2.36. The zero-order valence-electron chi connectivity index (χ0n) is 9.80. The van der Waals surface area contributed by atoms with Gasteiger partial charge >= 0.3 is 5.97 Å². The lowest BCUT2D eigenvalue weighted by molar-refractivity contribution is -0.156. The Morgan fingerprint density at radius 2 is 1.88 bits per heavy atom. The first kappa shape index (κ1) is 13.2. The number of carbonyl (C=O) groups excluding carboxylic acids is 2. The molecule has 0 spiro atoms. The van der Waals surface area contributed by atoms with E-state index in [-0.39, 0.29) is 12.3 Å². The number of ether oxygens (including phenoxy) is 2. The topological polar surface area (TPSA) is 64.6 Å². The molecule has 0 fully saturated rings. The van der Waals surface area contributed by atoms with Crippen LogP contribution in [-0.2, 0) is 25.5 Å². The minimum atomic E-state index is -1.06. The van der Waals surface area contributed by atoms with Crippen LogP contribution in [0.4, 0.5) is 0 Å². The highest BCUT2D eigenvalue weighted by atomic mass is 16.6. The zero-order valence-corrected chi connectivity index (χ0v) is 9.80. The highest BCUT2D eigenvalue weighted by Crippen LogP contribution is 2.00. The number of amides is 1. The van der Waals surface area contributed by atoms with Gasteiger partial charge in [0.25, 0.3) is 0 Å². The van der Waals surface area contributed by atoms with Crippen molar-refractivity contribution in [2.45, 2.75) is 12.6 Å². The minimum Gasteiger partial charge on any atom is -0.466 e. The van der Waals surface area contributed by atoms with Crippen molar-refractivity contribution >= 4 is 11.9 Å². The van der Waals surface area contributed by atoms with Crippen molar-refractivity contribution in [1.29, 1.82) is 0 Å². The first-order valence-electron chi connectivity index (χ1n) is 5.11. The largest absolute Gasteiger partial charge is 0.466 e. The number of hydrogen-bond donors (Lipinski definition) is 1. The van der Waals surface area contributed by atoms with Crippen molar-refractivity contribution < 1.29 is 19.1 Å². The van der Waals surface area contributed by atoms with E-state index in [2.05, 4.69) is 10.1 Å². The summed E-state index contributed by atoms with van der Waals surface area (Å²) in [6.45, 7) is 0. The maximum absolute atomic E-state index is 11.6. The number of benzene rings is 1. The molecule has 17 heavy (non-hydrogen) atoms. The summed E-state index contributed by atoms with van der Waals surface area (Å²) in [6, 6.07) is 9.22. The summed E-state index contributed by atoms with van der Waals surface area (Å²) < 4.78 is 9.28. The molecule has 1 unspecified atom stereocenters. The van der Waals surface area contributed by atoms with E-state index in [1.165, 1.54) is 14.2 Å². The average molecular weight is 237 g/mol. The highest BCUT2D eigenvalue weighted by molar-refractivity contribution is 5.84.